The number of aromatic hydroxyl groups is 1. The summed E-state index contributed by atoms with van der Waals surface area (Å²) in [4.78, 5) is 14.1. The van der Waals surface area contributed by atoms with Gasteiger partial charge in [0.1, 0.15) is 5.75 Å². The number of ether oxygens (including phenoxy) is 2. The van der Waals surface area contributed by atoms with Gasteiger partial charge in [0.25, 0.3) is 5.91 Å². The van der Waals surface area contributed by atoms with Gasteiger partial charge in [-0.15, -0.1) is 0 Å². The monoisotopic (exact) mass is 297 g/mol. The summed E-state index contributed by atoms with van der Waals surface area (Å²) in [6.45, 7) is 2.36. The van der Waals surface area contributed by atoms with Crippen LogP contribution in [0.25, 0.3) is 0 Å². The molecule has 0 unspecified atom stereocenters. The SMILES string of the molecule is O=C(c1cc(O)ccc1Cl)N1CCC2(CC1)OCCO2. The van der Waals surface area contributed by atoms with Crippen molar-refractivity contribution in [3.8, 4) is 5.75 Å². The largest absolute Gasteiger partial charge is 0.508 e. The van der Waals surface area contributed by atoms with E-state index in [0.717, 1.165) is 0 Å². The van der Waals surface area contributed by atoms with Gasteiger partial charge in [-0.05, 0) is 18.2 Å². The summed E-state index contributed by atoms with van der Waals surface area (Å²) >= 11 is 6.02. The summed E-state index contributed by atoms with van der Waals surface area (Å²) in [6.07, 6.45) is 1.32. The molecule has 108 valence electrons. The first-order valence-electron chi connectivity index (χ1n) is 6.65. The van der Waals surface area contributed by atoms with Crippen LogP contribution in [0.1, 0.15) is 23.2 Å². The van der Waals surface area contributed by atoms with Crippen molar-refractivity contribution in [3.05, 3.63) is 28.8 Å². The summed E-state index contributed by atoms with van der Waals surface area (Å²) in [5.74, 6) is -0.633. The molecular formula is C14H16ClNO4. The van der Waals surface area contributed by atoms with Crippen molar-refractivity contribution in [3.63, 3.8) is 0 Å². The van der Waals surface area contributed by atoms with E-state index in [1.54, 1.807) is 4.90 Å². The number of carbonyl (C=O) groups is 1. The molecule has 0 saturated carbocycles. The molecule has 0 bridgehead atoms. The molecule has 0 aliphatic carbocycles. The molecule has 1 N–H and O–H groups in total. The zero-order chi connectivity index (χ0) is 14.2. The third-order valence-corrected chi connectivity index (χ3v) is 4.14. The minimum Gasteiger partial charge on any atom is -0.508 e. The zero-order valence-electron chi connectivity index (χ0n) is 11.0. The molecule has 1 amide bonds. The number of hydrogen-bond donors (Lipinski definition) is 1. The lowest BCUT2D eigenvalue weighted by Crippen LogP contribution is -2.47. The lowest BCUT2D eigenvalue weighted by molar-refractivity contribution is -0.181. The standard InChI is InChI=1S/C14H16ClNO4/c15-12-2-1-10(17)9-11(12)13(18)16-5-3-14(4-6-16)19-7-8-20-14/h1-2,9,17H,3-8H2. The number of halogens is 1. The topological polar surface area (TPSA) is 59.0 Å². The van der Waals surface area contributed by atoms with Crippen LogP contribution >= 0.6 is 11.6 Å². The van der Waals surface area contributed by atoms with Crippen LogP contribution in [0.4, 0.5) is 0 Å². The number of benzene rings is 1. The molecule has 2 heterocycles. The fourth-order valence-corrected chi connectivity index (χ4v) is 2.88. The summed E-state index contributed by atoms with van der Waals surface area (Å²) in [6, 6.07) is 4.39. The van der Waals surface area contributed by atoms with E-state index in [1.807, 2.05) is 0 Å². The summed E-state index contributed by atoms with van der Waals surface area (Å²) in [5.41, 5.74) is 0.330. The number of amides is 1. The molecule has 2 aliphatic rings. The fourth-order valence-electron chi connectivity index (χ4n) is 2.68. The van der Waals surface area contributed by atoms with Crippen LogP contribution in [0.3, 0.4) is 0 Å². The maximum Gasteiger partial charge on any atom is 0.255 e. The van der Waals surface area contributed by atoms with Gasteiger partial charge in [-0.25, -0.2) is 0 Å². The van der Waals surface area contributed by atoms with E-state index < -0.39 is 5.79 Å². The quantitative estimate of drug-likeness (QED) is 0.861. The third kappa shape index (κ3) is 2.49. The number of rotatable bonds is 1. The van der Waals surface area contributed by atoms with Crippen LogP contribution in [0.2, 0.25) is 5.02 Å². The molecular weight excluding hydrogens is 282 g/mol. The van der Waals surface area contributed by atoms with Gasteiger partial charge in [0.15, 0.2) is 5.79 Å². The van der Waals surface area contributed by atoms with Crippen LogP contribution in [0, 0.1) is 0 Å². The van der Waals surface area contributed by atoms with Crippen molar-refractivity contribution in [2.45, 2.75) is 18.6 Å². The first-order chi connectivity index (χ1) is 9.60. The predicted molar refractivity (Wildman–Crippen MR) is 72.9 cm³/mol. The lowest BCUT2D eigenvalue weighted by Gasteiger charge is -2.37. The number of hydrogen-bond acceptors (Lipinski definition) is 4. The first-order valence-corrected chi connectivity index (χ1v) is 7.03. The van der Waals surface area contributed by atoms with Crippen molar-refractivity contribution >= 4 is 17.5 Å². The average molecular weight is 298 g/mol. The molecule has 6 heteroatoms. The molecule has 1 spiro atoms. The molecule has 3 rings (SSSR count). The first kappa shape index (κ1) is 13.7. The Balaban J connectivity index is 1.71. The van der Waals surface area contributed by atoms with E-state index >= 15 is 0 Å². The summed E-state index contributed by atoms with van der Waals surface area (Å²) in [7, 11) is 0. The van der Waals surface area contributed by atoms with E-state index in [2.05, 4.69) is 0 Å². The number of nitrogens with zero attached hydrogens (tertiary/aromatic N) is 1. The maximum atomic E-state index is 12.4. The Hall–Kier alpha value is -1.30. The van der Waals surface area contributed by atoms with Gasteiger partial charge < -0.3 is 19.5 Å². The van der Waals surface area contributed by atoms with Crippen LogP contribution in [-0.2, 0) is 9.47 Å². The lowest BCUT2D eigenvalue weighted by atomic mass is 10.0. The van der Waals surface area contributed by atoms with Crippen LogP contribution < -0.4 is 0 Å². The molecule has 2 saturated heterocycles. The van der Waals surface area contributed by atoms with E-state index in [1.165, 1.54) is 18.2 Å². The second-order valence-corrected chi connectivity index (χ2v) is 5.47. The zero-order valence-corrected chi connectivity index (χ0v) is 11.7. The van der Waals surface area contributed by atoms with Gasteiger partial charge in [0, 0.05) is 25.9 Å². The van der Waals surface area contributed by atoms with Gasteiger partial charge in [0.05, 0.1) is 23.8 Å². The van der Waals surface area contributed by atoms with Crippen LogP contribution in [0.5, 0.6) is 5.75 Å². The highest BCUT2D eigenvalue weighted by molar-refractivity contribution is 6.33. The Labute approximate surface area is 122 Å². The Morgan fingerprint density at radius 2 is 1.90 bits per heavy atom. The summed E-state index contributed by atoms with van der Waals surface area (Å²) < 4.78 is 11.3. The van der Waals surface area contributed by atoms with Crippen molar-refractivity contribution in [2.24, 2.45) is 0 Å². The van der Waals surface area contributed by atoms with Crippen molar-refractivity contribution in [1.29, 1.82) is 0 Å². The number of carbonyl (C=O) groups excluding carboxylic acids is 1. The third-order valence-electron chi connectivity index (χ3n) is 3.81. The van der Waals surface area contributed by atoms with E-state index in [9.17, 15) is 9.90 Å². The Morgan fingerprint density at radius 3 is 2.55 bits per heavy atom. The molecule has 0 atom stereocenters. The number of likely N-dealkylation sites (tertiary alicyclic amines) is 1. The minimum atomic E-state index is -0.501. The Bertz CT molecular complexity index is 518. The fraction of sp³-hybridized carbons (Fsp3) is 0.500. The number of phenols is 1. The van der Waals surface area contributed by atoms with Gasteiger partial charge in [-0.3, -0.25) is 4.79 Å². The molecule has 1 aromatic rings. The van der Waals surface area contributed by atoms with Gasteiger partial charge in [0.2, 0.25) is 0 Å². The number of phenolic OH excluding ortho intramolecular Hbond substituents is 1. The van der Waals surface area contributed by atoms with Gasteiger partial charge >= 0.3 is 0 Å². The average Bonchev–Trinajstić information content (AvgIpc) is 2.90. The molecule has 0 aromatic heterocycles. The highest BCUT2D eigenvalue weighted by atomic mass is 35.5. The second-order valence-electron chi connectivity index (χ2n) is 5.06. The Morgan fingerprint density at radius 1 is 1.25 bits per heavy atom. The van der Waals surface area contributed by atoms with Crippen molar-refractivity contribution in [2.75, 3.05) is 26.3 Å². The van der Waals surface area contributed by atoms with Crippen molar-refractivity contribution < 1.29 is 19.4 Å². The van der Waals surface area contributed by atoms with Gasteiger partial charge in [-0.2, -0.15) is 0 Å². The Kier molecular flexibility index (Phi) is 3.58. The smallest absolute Gasteiger partial charge is 0.255 e. The minimum absolute atomic E-state index is 0.0358. The van der Waals surface area contributed by atoms with E-state index in [-0.39, 0.29) is 11.7 Å². The molecule has 2 aliphatic heterocycles. The van der Waals surface area contributed by atoms with Crippen LogP contribution in [-0.4, -0.2) is 48.0 Å². The van der Waals surface area contributed by atoms with Crippen molar-refractivity contribution in [1.82, 2.24) is 4.90 Å². The highest BCUT2D eigenvalue weighted by Crippen LogP contribution is 2.32. The van der Waals surface area contributed by atoms with Gasteiger partial charge in [-0.1, -0.05) is 11.6 Å². The maximum absolute atomic E-state index is 12.4. The molecule has 5 nitrogen and oxygen atoms in total. The second kappa shape index (κ2) is 5.24. The molecule has 2 fully saturated rings. The predicted octanol–water partition coefficient (Wildman–Crippen LogP) is 2.02. The van der Waals surface area contributed by atoms with E-state index in [0.29, 0.717) is 49.7 Å². The van der Waals surface area contributed by atoms with E-state index in [4.69, 9.17) is 21.1 Å². The van der Waals surface area contributed by atoms with Crippen LogP contribution in [0.15, 0.2) is 18.2 Å². The highest BCUT2D eigenvalue weighted by Gasteiger charge is 2.41. The normalized spacial score (nSPS) is 21.4. The summed E-state index contributed by atoms with van der Waals surface area (Å²) in [5, 5.41) is 9.83. The molecule has 1 aromatic carbocycles. The number of piperidine rings is 1. The molecule has 0 radical (unpaired) electrons. The molecule has 20 heavy (non-hydrogen) atoms.